The number of carbonyl (C=O) groups is 5. The number of nitrogens with zero attached hydrogens (tertiary/aromatic N) is 9. The predicted octanol–water partition coefficient (Wildman–Crippen LogP) is 23.9. The van der Waals surface area contributed by atoms with Gasteiger partial charge in [-0.2, -0.15) is 69.7 Å². The Balaban J connectivity index is 0.000000157. The SMILES string of the molecule is C.CC(=O)c1ccc2[nH]ncc2c1.CC(=O)c1ccc2c(cnn2C2=C[C+]=CC(C)=C2)c1.CC(=O)c1ccc2nn(-c3cccc(C(F)(F)F)c3)cc2c1.CC[C@@H]1CCCC[C@H]1CC.Cc1cccc(-n2ncc3cc(C(=O)O)ccc32)c1.FC(F)(F)c1cccc(Br)c1.O=C(O)c1ccc2nn(-c3cccc(C(F)(F)F)c3)cc2c1. The van der Waals surface area contributed by atoms with E-state index in [9.17, 15) is 63.5 Å². The number of Topliss-reactive ketones (excluding diaryl/α,β-unsaturated/α-hetero) is 3. The van der Waals surface area contributed by atoms with Gasteiger partial charge in [-0.3, -0.25) is 19.5 Å². The van der Waals surface area contributed by atoms with E-state index in [1.807, 2.05) is 90.0 Å². The van der Waals surface area contributed by atoms with Crippen molar-refractivity contribution >= 4 is 105 Å². The van der Waals surface area contributed by atoms with Gasteiger partial charge < -0.3 is 10.2 Å². The first kappa shape index (κ1) is 87.2. The molecule has 16 rings (SSSR count). The average Bonchev–Trinajstić information content (AvgIpc) is 1.67. The summed E-state index contributed by atoms with van der Waals surface area (Å²) in [6, 6.07) is 48.2. The molecule has 5 heterocycles. The number of H-pyrrole nitrogens is 1. The third-order valence-electron chi connectivity index (χ3n) is 18.9. The van der Waals surface area contributed by atoms with E-state index < -0.39 is 47.2 Å². The van der Waals surface area contributed by atoms with Crippen LogP contribution in [0.4, 0.5) is 39.5 Å². The molecule has 0 unspecified atom stereocenters. The number of aryl methyl sites for hydroxylation is 1. The lowest BCUT2D eigenvalue weighted by Gasteiger charge is -2.29. The smallest absolute Gasteiger partial charge is 0.416 e. The summed E-state index contributed by atoms with van der Waals surface area (Å²) < 4.78 is 119. The van der Waals surface area contributed by atoms with Crippen LogP contribution in [0, 0.1) is 24.8 Å². The van der Waals surface area contributed by atoms with E-state index in [0.717, 1.165) is 109 Å². The first-order valence-electron chi connectivity index (χ1n) is 36.2. The number of alkyl halides is 9. The third-order valence-corrected chi connectivity index (χ3v) is 19.3. The van der Waals surface area contributed by atoms with Crippen molar-refractivity contribution in [3.8, 4) is 17.1 Å². The van der Waals surface area contributed by atoms with Gasteiger partial charge in [-0.1, -0.05) is 106 Å². The minimum atomic E-state index is -4.43. The van der Waals surface area contributed by atoms with Crippen molar-refractivity contribution in [2.45, 2.75) is 113 Å². The van der Waals surface area contributed by atoms with Crippen LogP contribution in [0.5, 0.6) is 0 Å². The van der Waals surface area contributed by atoms with Gasteiger partial charge in [-0.15, -0.1) is 0 Å². The fourth-order valence-corrected chi connectivity index (χ4v) is 13.2. The van der Waals surface area contributed by atoms with Gasteiger partial charge in [0.1, 0.15) is 12.2 Å². The van der Waals surface area contributed by atoms with Gasteiger partial charge in [0.05, 0.1) is 103 Å². The van der Waals surface area contributed by atoms with Crippen LogP contribution in [0.15, 0.2) is 247 Å². The van der Waals surface area contributed by atoms with E-state index in [0.29, 0.717) is 43.1 Å². The average molecular weight is 1650 g/mol. The van der Waals surface area contributed by atoms with Crippen molar-refractivity contribution in [1.82, 2.24) is 49.3 Å². The highest BCUT2D eigenvalue weighted by Gasteiger charge is 2.33. The van der Waals surface area contributed by atoms with Crippen LogP contribution in [0.1, 0.15) is 162 Å². The van der Waals surface area contributed by atoms with Gasteiger partial charge in [0.2, 0.25) is 0 Å². The molecule has 1 saturated carbocycles. The number of allylic oxidation sites excluding steroid dienone is 6. The van der Waals surface area contributed by atoms with E-state index in [4.69, 9.17) is 10.2 Å². The molecule has 14 aromatic rings. The maximum Gasteiger partial charge on any atom is 0.416 e. The summed E-state index contributed by atoms with van der Waals surface area (Å²) in [6.45, 7) is 13.3. The summed E-state index contributed by atoms with van der Waals surface area (Å²) >= 11 is 2.95. The Labute approximate surface area is 670 Å². The molecular formula is C89H81BrF9N10O7+. The summed E-state index contributed by atoms with van der Waals surface area (Å²) in [4.78, 5) is 55.6. The summed E-state index contributed by atoms with van der Waals surface area (Å²) in [5, 5.41) is 45.7. The number of carboxylic acids is 2. The Morgan fingerprint density at radius 2 is 0.914 bits per heavy atom. The Morgan fingerprint density at radius 1 is 0.491 bits per heavy atom. The standard InChI is InChI=1S/C16H11F3N2O.C16H13N2O.C15H9F3N2O2.C15H12N2O2.C10H20.C9H8N2O.C7H4BrF3.CH4/c1-10(22)11-5-6-15-12(7-11)9-21(20-15)14-4-2-3-13(8-14)16(17,18)19;1-11-4-3-5-15(8-11)18-16-7-6-13(12(2)19)9-14(16)10-17-18;16-15(17,18)11-2-1-3-12(7-11)20-8-10-6-9(14(21)22)4-5-13(10)19-20;1-10-3-2-4-13(7-10)17-14-6-5-11(15(18)19)8-12(14)9-16-17;1-3-9-7-5-6-8-10(9)4-2;1-6(12)7-2-3-9-8(4-7)5-10-11-9;8-6-3-1-2-5(4-6)7(9,10)11;/h2-9H,1H3;4-10H,1-2H3;1-8H,(H,21,22);2-9H,1H3,(H,18,19);9-10H,3-8H2,1-2H3;2-5H,1H3,(H,10,11);1-4H;1H4/q;+1;;;;;;/t;;;;9-,10-;;;/m....1.../s1. The van der Waals surface area contributed by atoms with E-state index in [1.165, 1.54) is 103 Å². The largest absolute Gasteiger partial charge is 0.478 e. The molecule has 9 aromatic carbocycles. The van der Waals surface area contributed by atoms with Crippen LogP contribution in [-0.2, 0) is 18.5 Å². The number of aromatic nitrogens is 10. The van der Waals surface area contributed by atoms with Crippen LogP contribution in [-0.4, -0.2) is 88.8 Å². The molecule has 5 aromatic heterocycles. The third kappa shape index (κ3) is 22.8. The highest BCUT2D eigenvalue weighted by atomic mass is 79.9. The fraction of sp³-hybridized carbons (Fsp3) is 0.213. The van der Waals surface area contributed by atoms with Crippen molar-refractivity contribution in [2.75, 3.05) is 0 Å². The Bertz CT molecular complexity index is 5810. The summed E-state index contributed by atoms with van der Waals surface area (Å²) in [5.41, 5.74) is 8.99. The number of hydrogen-bond donors (Lipinski definition) is 3. The topological polar surface area (TPSA) is 226 Å². The first-order chi connectivity index (χ1) is 54.6. The van der Waals surface area contributed by atoms with E-state index in [2.05, 4.69) is 72.5 Å². The summed E-state index contributed by atoms with van der Waals surface area (Å²) in [5.74, 6) is 0.210. The number of carboxylic acid groups (broad SMARTS) is 2. The number of halogens is 10. The molecule has 2 atom stereocenters. The molecule has 0 saturated heterocycles. The van der Waals surface area contributed by atoms with Gasteiger partial charge in [-0.05, 0) is 203 Å². The lowest BCUT2D eigenvalue weighted by Crippen LogP contribution is -2.17. The molecule has 27 heteroatoms. The number of nitrogens with one attached hydrogen (secondary N) is 1. The molecule has 0 bridgehead atoms. The number of benzene rings is 9. The highest BCUT2D eigenvalue weighted by Crippen LogP contribution is 2.36. The van der Waals surface area contributed by atoms with E-state index in [1.54, 1.807) is 93.2 Å². The van der Waals surface area contributed by atoms with Crippen molar-refractivity contribution in [2.24, 2.45) is 11.8 Å². The van der Waals surface area contributed by atoms with Crippen LogP contribution in [0.25, 0.3) is 77.3 Å². The molecule has 1 fully saturated rings. The number of carbonyl (C=O) groups excluding carboxylic acids is 3. The number of aromatic amines is 1. The number of hydrogen-bond acceptors (Lipinski definition) is 10. The molecule has 2 aliphatic carbocycles. The van der Waals surface area contributed by atoms with Gasteiger partial charge in [0, 0.05) is 73.5 Å². The second-order valence-corrected chi connectivity index (χ2v) is 28.1. The zero-order valence-corrected chi connectivity index (χ0v) is 64.7. The van der Waals surface area contributed by atoms with Gasteiger partial charge >= 0.3 is 30.5 Å². The van der Waals surface area contributed by atoms with Crippen LogP contribution >= 0.6 is 15.9 Å². The zero-order valence-electron chi connectivity index (χ0n) is 63.2. The Morgan fingerprint density at radius 3 is 1.39 bits per heavy atom. The van der Waals surface area contributed by atoms with Gasteiger partial charge in [0.25, 0.3) is 0 Å². The van der Waals surface area contributed by atoms with E-state index >= 15 is 0 Å². The van der Waals surface area contributed by atoms with Crippen molar-refractivity contribution in [3.63, 3.8) is 0 Å². The maximum atomic E-state index is 12.8. The molecule has 598 valence electrons. The quantitative estimate of drug-likeness (QED) is 0.0624. The molecule has 17 nitrogen and oxygen atoms in total. The van der Waals surface area contributed by atoms with Gasteiger partial charge in [-0.25, -0.2) is 23.6 Å². The van der Waals surface area contributed by atoms with Crippen molar-refractivity contribution in [3.05, 3.63) is 303 Å². The predicted molar refractivity (Wildman–Crippen MR) is 435 cm³/mol. The maximum absolute atomic E-state index is 12.8. The Kier molecular flexibility index (Phi) is 28.9. The van der Waals surface area contributed by atoms with Crippen LogP contribution in [0.3, 0.4) is 0 Å². The van der Waals surface area contributed by atoms with Crippen LogP contribution < -0.4 is 0 Å². The minimum absolute atomic E-state index is 0. The van der Waals surface area contributed by atoms with Crippen molar-refractivity contribution < 1.29 is 73.7 Å². The lowest BCUT2D eigenvalue weighted by atomic mass is 9.77. The fourth-order valence-electron chi connectivity index (χ4n) is 12.8. The second-order valence-electron chi connectivity index (χ2n) is 27.1. The highest BCUT2D eigenvalue weighted by molar-refractivity contribution is 9.10. The normalized spacial score (nSPS) is 13.7. The molecular weight excluding hydrogens is 1570 g/mol. The lowest BCUT2D eigenvalue weighted by molar-refractivity contribution is -0.138. The van der Waals surface area contributed by atoms with Gasteiger partial charge in [0.15, 0.2) is 23.0 Å². The van der Waals surface area contributed by atoms with Crippen molar-refractivity contribution in [1.29, 1.82) is 0 Å². The Hall–Kier alpha value is -12.7. The molecule has 116 heavy (non-hydrogen) atoms. The number of fused-ring (bicyclic) bond motifs is 5. The summed E-state index contributed by atoms with van der Waals surface area (Å²) in [7, 11) is 0. The summed E-state index contributed by atoms with van der Waals surface area (Å²) in [6.07, 6.45) is 13.0. The molecule has 0 radical (unpaired) electrons. The molecule has 0 spiro atoms. The number of ketones is 3. The molecule has 3 N–H and O–H groups in total. The number of aromatic carboxylic acids is 2. The molecule has 2 aliphatic rings. The van der Waals surface area contributed by atoms with E-state index in [-0.39, 0.29) is 41.6 Å². The minimum Gasteiger partial charge on any atom is -0.478 e. The zero-order chi connectivity index (χ0) is 83.1. The second kappa shape index (κ2) is 38.4. The molecule has 0 aliphatic heterocycles. The monoisotopic (exact) mass is 1650 g/mol. The molecule has 0 amide bonds. The van der Waals surface area contributed by atoms with Crippen LogP contribution in [0.2, 0.25) is 0 Å². The first-order valence-corrected chi connectivity index (χ1v) is 37.0. The number of rotatable bonds is 11.